The Morgan fingerprint density at radius 2 is 1.73 bits per heavy atom. The Bertz CT molecular complexity index is 445. The van der Waals surface area contributed by atoms with Gasteiger partial charge in [-0.2, -0.15) is 32.2 Å². The molecule has 0 saturated carbocycles. The van der Waals surface area contributed by atoms with Gasteiger partial charge in [0.1, 0.15) is 0 Å². The highest BCUT2D eigenvalue weighted by atomic mass is 32.2. The van der Waals surface area contributed by atoms with Gasteiger partial charge in [-0.15, -0.1) is 0 Å². The van der Waals surface area contributed by atoms with Crippen LogP contribution in [0, 0.1) is 12.2 Å². The smallest absolute Gasteiger partial charge is 0.269 e. The number of anilines is 1. The number of hydrogen-bond acceptors (Lipinski definition) is 5. The van der Waals surface area contributed by atoms with Crippen molar-refractivity contribution in [2.24, 2.45) is 0 Å². The van der Waals surface area contributed by atoms with Crippen molar-refractivity contribution < 1.29 is 21.8 Å². The lowest BCUT2D eigenvalue weighted by atomic mass is 10.7. The van der Waals surface area contributed by atoms with Crippen molar-refractivity contribution in [1.82, 2.24) is 15.0 Å². The van der Waals surface area contributed by atoms with Gasteiger partial charge in [0.2, 0.25) is 5.95 Å². The van der Waals surface area contributed by atoms with E-state index in [4.69, 9.17) is 4.55 Å². The summed E-state index contributed by atoms with van der Waals surface area (Å²) >= 11 is 0. The van der Waals surface area contributed by atoms with Crippen LogP contribution < -0.4 is 4.31 Å². The van der Waals surface area contributed by atoms with Crippen LogP contribution in [0.15, 0.2) is 0 Å². The van der Waals surface area contributed by atoms with E-state index in [0.717, 1.165) is 0 Å². The minimum absolute atomic E-state index is 0.223. The molecule has 0 atom stereocenters. The molecule has 0 fully saturated rings. The minimum atomic E-state index is -4.65. The Balaban J connectivity index is 3.25. The third-order valence-corrected chi connectivity index (χ3v) is 2.34. The molecule has 0 bridgehead atoms. The summed E-state index contributed by atoms with van der Waals surface area (Å²) in [7, 11) is -4.65. The Kier molecular flexibility index (Phi) is 3.09. The van der Waals surface area contributed by atoms with Crippen molar-refractivity contribution >= 4 is 16.3 Å². The van der Waals surface area contributed by atoms with Crippen molar-refractivity contribution in [3.8, 4) is 0 Å². The Hall–Kier alpha value is -1.42. The molecule has 0 aromatic carbocycles. The predicted octanol–water partition coefficient (Wildman–Crippen LogP) is -0.221. The van der Waals surface area contributed by atoms with Crippen molar-refractivity contribution in [2.45, 2.75) is 6.92 Å². The summed E-state index contributed by atoms with van der Waals surface area (Å²) in [5.74, 6) is -0.815. The average molecular weight is 240 g/mol. The summed E-state index contributed by atoms with van der Waals surface area (Å²) < 4.78 is 55.3. The molecule has 1 N–H and O–H groups in total. The van der Waals surface area contributed by atoms with E-state index in [0.29, 0.717) is 0 Å². The van der Waals surface area contributed by atoms with Crippen LogP contribution in [-0.2, 0) is 10.3 Å². The SMILES string of the molecule is CCN(c1nc(F)nc(F)n1)S(=O)(=O)O. The number of nitrogens with zero attached hydrogens (tertiary/aromatic N) is 4. The van der Waals surface area contributed by atoms with Crippen LogP contribution in [0.25, 0.3) is 0 Å². The molecule has 0 radical (unpaired) electrons. The monoisotopic (exact) mass is 240 g/mol. The van der Waals surface area contributed by atoms with E-state index in [1.165, 1.54) is 6.92 Å². The first-order valence-electron chi connectivity index (χ1n) is 3.67. The first kappa shape index (κ1) is 11.7. The lowest BCUT2D eigenvalue weighted by Crippen LogP contribution is -2.32. The maximum atomic E-state index is 12.5. The molecule has 7 nitrogen and oxygen atoms in total. The standard InChI is InChI=1S/C5H6F2N4O3S/c1-2-11(15(12,13)14)5-9-3(6)8-4(7)10-5/h2H2,1H3,(H,12,13,14). The Morgan fingerprint density at radius 3 is 2.07 bits per heavy atom. The Morgan fingerprint density at radius 1 is 1.27 bits per heavy atom. The van der Waals surface area contributed by atoms with Gasteiger partial charge in [0.05, 0.1) is 0 Å². The molecule has 10 heteroatoms. The largest absolute Gasteiger partial charge is 0.362 e. The van der Waals surface area contributed by atoms with Gasteiger partial charge in [0.25, 0.3) is 0 Å². The number of aromatic nitrogens is 3. The fourth-order valence-corrected chi connectivity index (χ4v) is 1.45. The van der Waals surface area contributed by atoms with Crippen molar-refractivity contribution in [1.29, 1.82) is 0 Å². The normalized spacial score (nSPS) is 11.5. The van der Waals surface area contributed by atoms with Crippen molar-refractivity contribution in [3.63, 3.8) is 0 Å². The van der Waals surface area contributed by atoms with Gasteiger partial charge in [0, 0.05) is 6.54 Å². The summed E-state index contributed by atoms with van der Waals surface area (Å²) in [6.07, 6.45) is -2.95. The lowest BCUT2D eigenvalue weighted by Gasteiger charge is -2.15. The number of halogens is 2. The first-order valence-corrected chi connectivity index (χ1v) is 5.06. The molecule has 0 aliphatic rings. The number of rotatable bonds is 3. The molecule has 15 heavy (non-hydrogen) atoms. The molecule has 0 aliphatic heterocycles. The van der Waals surface area contributed by atoms with E-state index in [-0.39, 0.29) is 10.8 Å². The van der Waals surface area contributed by atoms with Crippen LogP contribution in [-0.4, -0.2) is 34.5 Å². The second-order valence-electron chi connectivity index (χ2n) is 2.32. The van der Waals surface area contributed by atoms with Gasteiger partial charge in [-0.1, -0.05) is 0 Å². The summed E-state index contributed by atoms with van der Waals surface area (Å²) in [5, 5.41) is 0. The third-order valence-electron chi connectivity index (χ3n) is 1.36. The van der Waals surface area contributed by atoms with E-state index in [2.05, 4.69) is 15.0 Å². The maximum Gasteiger partial charge on any atom is 0.362 e. The molecule has 1 rings (SSSR count). The van der Waals surface area contributed by atoms with Crippen LogP contribution in [0.2, 0.25) is 0 Å². The molecular formula is C5H6F2N4O3S. The molecule has 0 amide bonds. The van der Waals surface area contributed by atoms with E-state index < -0.39 is 28.4 Å². The van der Waals surface area contributed by atoms with Crippen molar-refractivity contribution in [2.75, 3.05) is 10.8 Å². The molecule has 84 valence electrons. The lowest BCUT2D eigenvalue weighted by molar-refractivity contribution is 0.451. The highest BCUT2D eigenvalue weighted by Gasteiger charge is 2.22. The van der Waals surface area contributed by atoms with Crippen LogP contribution >= 0.6 is 0 Å². The fraction of sp³-hybridized carbons (Fsp3) is 0.400. The van der Waals surface area contributed by atoms with Crippen molar-refractivity contribution in [3.05, 3.63) is 12.2 Å². The summed E-state index contributed by atoms with van der Waals surface area (Å²) in [6.45, 7) is 1.05. The Labute approximate surface area is 83.7 Å². The molecule has 0 aliphatic carbocycles. The molecular weight excluding hydrogens is 234 g/mol. The predicted molar refractivity (Wildman–Crippen MR) is 44.3 cm³/mol. The van der Waals surface area contributed by atoms with Gasteiger partial charge in [-0.25, -0.2) is 4.31 Å². The third kappa shape index (κ3) is 2.76. The second-order valence-corrected chi connectivity index (χ2v) is 3.65. The maximum absolute atomic E-state index is 12.5. The highest BCUT2D eigenvalue weighted by Crippen LogP contribution is 2.10. The summed E-state index contributed by atoms with van der Waals surface area (Å²) in [6, 6.07) is 0. The van der Waals surface area contributed by atoms with Crippen LogP contribution in [0.3, 0.4) is 0 Å². The molecule has 1 aromatic heterocycles. The zero-order valence-electron chi connectivity index (χ0n) is 7.42. The van der Waals surface area contributed by atoms with Crippen LogP contribution in [0.5, 0.6) is 0 Å². The van der Waals surface area contributed by atoms with E-state index >= 15 is 0 Å². The fourth-order valence-electron chi connectivity index (χ4n) is 0.835. The van der Waals surface area contributed by atoms with E-state index in [1.807, 2.05) is 0 Å². The molecule has 0 saturated heterocycles. The molecule has 0 unspecified atom stereocenters. The molecule has 1 heterocycles. The minimum Gasteiger partial charge on any atom is -0.269 e. The zero-order chi connectivity index (χ0) is 11.6. The molecule has 0 spiro atoms. The van der Waals surface area contributed by atoms with Gasteiger partial charge in [-0.05, 0) is 6.92 Å². The summed E-state index contributed by atoms with van der Waals surface area (Å²) in [5.41, 5.74) is 0. The number of hydrogen-bond donors (Lipinski definition) is 1. The summed E-state index contributed by atoms with van der Waals surface area (Å²) in [4.78, 5) is 8.43. The molecule has 1 aromatic rings. The average Bonchev–Trinajstić information content (AvgIpc) is 1.99. The van der Waals surface area contributed by atoms with Gasteiger partial charge in [0.15, 0.2) is 0 Å². The highest BCUT2D eigenvalue weighted by molar-refractivity contribution is 7.87. The van der Waals surface area contributed by atoms with Gasteiger partial charge >= 0.3 is 22.5 Å². The second kappa shape index (κ2) is 3.98. The van der Waals surface area contributed by atoms with Gasteiger partial charge in [-0.3, -0.25) is 4.55 Å². The zero-order valence-corrected chi connectivity index (χ0v) is 8.24. The van der Waals surface area contributed by atoms with Gasteiger partial charge < -0.3 is 0 Å². The quantitative estimate of drug-likeness (QED) is 0.733. The topological polar surface area (TPSA) is 96.3 Å². The van der Waals surface area contributed by atoms with E-state index in [9.17, 15) is 17.2 Å². The van der Waals surface area contributed by atoms with Crippen LogP contribution in [0.1, 0.15) is 6.92 Å². The first-order chi connectivity index (χ1) is 6.84. The van der Waals surface area contributed by atoms with E-state index in [1.54, 1.807) is 0 Å². The van der Waals surface area contributed by atoms with Crippen LogP contribution in [0.4, 0.5) is 14.7 Å².